The van der Waals surface area contributed by atoms with E-state index in [1.165, 1.54) is 67.7 Å². The van der Waals surface area contributed by atoms with Crippen LogP contribution in [0.2, 0.25) is 0 Å². The van der Waals surface area contributed by atoms with Gasteiger partial charge in [0.1, 0.15) is 45.3 Å². The standard InChI is InChI=1S/C12H25N3/c1-13-4-3-12(11-13)15-8-5-14(2,6-9-15)7-10-15/h12H,3-11H2,1-2H3/q+2. The normalized spacial score (nSPS) is 51.2. The van der Waals surface area contributed by atoms with Crippen LogP contribution in [-0.4, -0.2) is 86.4 Å². The molecule has 0 aromatic carbocycles. The number of quaternary nitrogens is 2. The second-order valence-corrected chi connectivity index (χ2v) is 6.38. The number of fused-ring (bicyclic) bond motifs is 3. The Morgan fingerprint density at radius 1 is 1.00 bits per heavy atom. The predicted molar refractivity (Wildman–Crippen MR) is 61.5 cm³/mol. The summed E-state index contributed by atoms with van der Waals surface area (Å²) in [5.41, 5.74) is 0. The number of piperazine rings is 3. The summed E-state index contributed by atoms with van der Waals surface area (Å²) in [6.07, 6.45) is 1.44. The lowest BCUT2D eigenvalue weighted by Gasteiger charge is -2.56. The molecule has 4 aliphatic heterocycles. The highest BCUT2D eigenvalue weighted by Crippen LogP contribution is 2.31. The summed E-state index contributed by atoms with van der Waals surface area (Å²) in [7, 11) is 4.74. The van der Waals surface area contributed by atoms with Crippen molar-refractivity contribution in [2.75, 3.05) is 66.5 Å². The molecule has 4 saturated heterocycles. The van der Waals surface area contributed by atoms with E-state index >= 15 is 0 Å². The second-order valence-electron chi connectivity index (χ2n) is 6.38. The minimum Gasteiger partial charge on any atom is -0.312 e. The smallest absolute Gasteiger partial charge is 0.129 e. The van der Waals surface area contributed by atoms with Gasteiger partial charge in [-0.2, -0.15) is 0 Å². The number of rotatable bonds is 1. The van der Waals surface area contributed by atoms with E-state index in [2.05, 4.69) is 19.0 Å². The summed E-state index contributed by atoms with van der Waals surface area (Å²) in [5.74, 6) is 0. The zero-order valence-corrected chi connectivity index (χ0v) is 10.3. The number of nitrogens with zero attached hydrogens (tertiary/aromatic N) is 3. The Morgan fingerprint density at radius 2 is 1.60 bits per heavy atom. The quantitative estimate of drug-likeness (QED) is 0.551. The monoisotopic (exact) mass is 211 g/mol. The molecule has 1 unspecified atom stereocenters. The zero-order valence-electron chi connectivity index (χ0n) is 10.3. The van der Waals surface area contributed by atoms with Crippen LogP contribution >= 0.6 is 0 Å². The minimum atomic E-state index is 0.962. The number of likely N-dealkylation sites (tertiary alicyclic amines) is 1. The van der Waals surface area contributed by atoms with Crippen molar-refractivity contribution >= 4 is 0 Å². The van der Waals surface area contributed by atoms with Crippen LogP contribution in [0.15, 0.2) is 0 Å². The van der Waals surface area contributed by atoms with Crippen molar-refractivity contribution < 1.29 is 8.97 Å². The highest BCUT2D eigenvalue weighted by molar-refractivity contribution is 4.77. The van der Waals surface area contributed by atoms with Crippen LogP contribution in [-0.2, 0) is 0 Å². The third-order valence-corrected chi connectivity index (χ3v) is 5.40. The van der Waals surface area contributed by atoms with Gasteiger partial charge in [0.05, 0.1) is 13.6 Å². The van der Waals surface area contributed by atoms with Crippen LogP contribution in [0.4, 0.5) is 0 Å². The fraction of sp³-hybridized carbons (Fsp3) is 1.00. The van der Waals surface area contributed by atoms with E-state index in [0.29, 0.717) is 0 Å². The molecule has 0 aromatic rings. The molecule has 0 N–H and O–H groups in total. The molecule has 4 aliphatic rings. The third kappa shape index (κ3) is 1.52. The van der Waals surface area contributed by atoms with E-state index in [1.54, 1.807) is 0 Å². The van der Waals surface area contributed by atoms with Crippen LogP contribution in [0.5, 0.6) is 0 Å². The van der Waals surface area contributed by atoms with E-state index in [4.69, 9.17) is 0 Å². The molecule has 0 spiro atoms. The molecule has 0 amide bonds. The molecule has 15 heavy (non-hydrogen) atoms. The van der Waals surface area contributed by atoms with Crippen molar-refractivity contribution in [1.82, 2.24) is 4.90 Å². The molecule has 2 bridgehead atoms. The van der Waals surface area contributed by atoms with Gasteiger partial charge < -0.3 is 13.9 Å². The first-order chi connectivity index (χ1) is 7.12. The van der Waals surface area contributed by atoms with Gasteiger partial charge in [0.15, 0.2) is 0 Å². The Kier molecular flexibility index (Phi) is 2.14. The Hall–Kier alpha value is -0.120. The van der Waals surface area contributed by atoms with Crippen molar-refractivity contribution in [3.8, 4) is 0 Å². The van der Waals surface area contributed by atoms with Crippen molar-refractivity contribution in [2.45, 2.75) is 12.5 Å². The van der Waals surface area contributed by atoms with Crippen LogP contribution in [0, 0.1) is 0 Å². The molecule has 86 valence electrons. The summed E-state index contributed by atoms with van der Waals surface area (Å²) in [6, 6.07) is 0.962. The number of likely N-dealkylation sites (N-methyl/N-ethyl adjacent to an activating group) is 2. The molecule has 4 rings (SSSR count). The maximum atomic E-state index is 2.52. The van der Waals surface area contributed by atoms with Gasteiger partial charge in [-0.25, -0.2) is 0 Å². The molecule has 0 saturated carbocycles. The van der Waals surface area contributed by atoms with Gasteiger partial charge in [-0.05, 0) is 7.05 Å². The Labute approximate surface area is 93.4 Å². The van der Waals surface area contributed by atoms with Crippen LogP contribution < -0.4 is 0 Å². The second kappa shape index (κ2) is 3.19. The number of hydrogen-bond acceptors (Lipinski definition) is 1. The maximum Gasteiger partial charge on any atom is 0.129 e. The van der Waals surface area contributed by atoms with E-state index in [0.717, 1.165) is 6.04 Å². The van der Waals surface area contributed by atoms with E-state index in [-0.39, 0.29) is 0 Å². The summed E-state index contributed by atoms with van der Waals surface area (Å²) in [4.78, 5) is 2.52. The lowest BCUT2D eigenvalue weighted by atomic mass is 10.0. The fourth-order valence-corrected chi connectivity index (χ4v) is 3.90. The highest BCUT2D eigenvalue weighted by Gasteiger charge is 2.51. The summed E-state index contributed by atoms with van der Waals surface area (Å²) in [6.45, 7) is 11.3. The molecular formula is C12H25N3+2. The average Bonchev–Trinajstić information content (AvgIpc) is 2.67. The summed E-state index contributed by atoms with van der Waals surface area (Å²) >= 11 is 0. The molecule has 0 aromatic heterocycles. The van der Waals surface area contributed by atoms with Gasteiger partial charge in [0.25, 0.3) is 0 Å². The molecule has 3 nitrogen and oxygen atoms in total. The van der Waals surface area contributed by atoms with E-state index in [9.17, 15) is 0 Å². The summed E-state index contributed by atoms with van der Waals surface area (Å²) in [5, 5.41) is 0. The van der Waals surface area contributed by atoms with Crippen LogP contribution in [0.3, 0.4) is 0 Å². The molecule has 4 fully saturated rings. The topological polar surface area (TPSA) is 3.24 Å². The van der Waals surface area contributed by atoms with Gasteiger partial charge >= 0.3 is 0 Å². The van der Waals surface area contributed by atoms with E-state index in [1.807, 2.05) is 0 Å². The Morgan fingerprint density at radius 3 is 2.07 bits per heavy atom. The third-order valence-electron chi connectivity index (χ3n) is 5.40. The first-order valence-electron chi connectivity index (χ1n) is 6.50. The van der Waals surface area contributed by atoms with Gasteiger partial charge in [0.2, 0.25) is 0 Å². The van der Waals surface area contributed by atoms with Gasteiger partial charge in [-0.15, -0.1) is 0 Å². The van der Waals surface area contributed by atoms with E-state index < -0.39 is 0 Å². The van der Waals surface area contributed by atoms with Crippen molar-refractivity contribution in [2.24, 2.45) is 0 Å². The lowest BCUT2D eigenvalue weighted by Crippen LogP contribution is -2.76. The van der Waals surface area contributed by atoms with Crippen molar-refractivity contribution in [3.05, 3.63) is 0 Å². The van der Waals surface area contributed by atoms with Crippen LogP contribution in [0.1, 0.15) is 6.42 Å². The zero-order chi connectivity index (χ0) is 10.5. The first-order valence-corrected chi connectivity index (χ1v) is 6.50. The molecule has 0 radical (unpaired) electrons. The first kappa shape index (κ1) is 10.1. The molecule has 0 aliphatic carbocycles. The Balaban J connectivity index is 1.75. The van der Waals surface area contributed by atoms with Crippen molar-refractivity contribution in [1.29, 1.82) is 0 Å². The highest BCUT2D eigenvalue weighted by atomic mass is 15.5. The maximum absolute atomic E-state index is 2.52. The molecule has 3 heteroatoms. The van der Waals surface area contributed by atoms with Gasteiger partial charge in [-0.3, -0.25) is 0 Å². The number of hydrogen-bond donors (Lipinski definition) is 0. The predicted octanol–water partition coefficient (Wildman–Crippen LogP) is -0.0189. The molecule has 4 heterocycles. The van der Waals surface area contributed by atoms with Crippen molar-refractivity contribution in [3.63, 3.8) is 0 Å². The molecule has 1 atom stereocenters. The van der Waals surface area contributed by atoms with Gasteiger partial charge in [0, 0.05) is 13.0 Å². The average molecular weight is 211 g/mol. The largest absolute Gasteiger partial charge is 0.312 e. The van der Waals surface area contributed by atoms with Crippen LogP contribution in [0.25, 0.3) is 0 Å². The fourth-order valence-electron chi connectivity index (χ4n) is 3.90. The van der Waals surface area contributed by atoms with Gasteiger partial charge in [-0.1, -0.05) is 0 Å². The molecular weight excluding hydrogens is 186 g/mol. The minimum absolute atomic E-state index is 0.962. The SMILES string of the molecule is CN1CCC([N+]23CC[N+](C)(CC2)CC3)C1. The lowest BCUT2D eigenvalue weighted by molar-refractivity contribution is -1.08. The summed E-state index contributed by atoms with van der Waals surface area (Å²) < 4.78 is 2.83. The Bertz CT molecular complexity index is 239.